The quantitative estimate of drug-likeness (QED) is 0.281. The summed E-state index contributed by atoms with van der Waals surface area (Å²) in [6, 6.07) is 0. The lowest BCUT2D eigenvalue weighted by molar-refractivity contribution is -0.0479. The predicted octanol–water partition coefficient (Wildman–Crippen LogP) is 1.23. The summed E-state index contributed by atoms with van der Waals surface area (Å²) in [5, 5.41) is 5.47. The van der Waals surface area contributed by atoms with Gasteiger partial charge in [-0.05, 0) is 6.42 Å². The first-order chi connectivity index (χ1) is 7.41. The SMILES string of the molecule is O=NCCCOCCC[OH+]CCCN=O. The van der Waals surface area contributed by atoms with Crippen LogP contribution in [0.15, 0.2) is 10.4 Å². The highest BCUT2D eigenvalue weighted by atomic mass is 16.5. The molecule has 6 nitrogen and oxygen atoms in total. The zero-order valence-electron chi connectivity index (χ0n) is 8.93. The molecule has 0 saturated heterocycles. The van der Waals surface area contributed by atoms with E-state index >= 15 is 0 Å². The van der Waals surface area contributed by atoms with Gasteiger partial charge in [0.2, 0.25) is 0 Å². The lowest BCUT2D eigenvalue weighted by Crippen LogP contribution is -2.07. The highest BCUT2D eigenvalue weighted by Gasteiger charge is 1.94. The Kier molecular flexibility index (Phi) is 12.4. The van der Waals surface area contributed by atoms with Crippen LogP contribution >= 0.6 is 0 Å². The Labute approximate surface area is 89.3 Å². The van der Waals surface area contributed by atoms with Crippen LogP contribution in [0.1, 0.15) is 19.3 Å². The number of nitroso groups, excluding NO2 is 2. The monoisotopic (exact) mass is 219 g/mol. The summed E-state index contributed by atoms with van der Waals surface area (Å²) in [5.74, 6) is 0. The van der Waals surface area contributed by atoms with Gasteiger partial charge in [0.05, 0.1) is 19.7 Å². The Morgan fingerprint density at radius 3 is 2.20 bits per heavy atom. The predicted molar refractivity (Wildman–Crippen MR) is 57.9 cm³/mol. The number of ether oxygens (including phenoxy) is 2. The summed E-state index contributed by atoms with van der Waals surface area (Å²) in [5.41, 5.74) is 0. The van der Waals surface area contributed by atoms with Gasteiger partial charge in [-0.25, -0.2) is 0 Å². The second-order valence-corrected chi connectivity index (χ2v) is 3.05. The molecule has 0 spiro atoms. The van der Waals surface area contributed by atoms with E-state index in [1.165, 1.54) is 0 Å². The van der Waals surface area contributed by atoms with Crippen molar-refractivity contribution < 1.29 is 9.47 Å². The van der Waals surface area contributed by atoms with Gasteiger partial charge in [0.25, 0.3) is 0 Å². The van der Waals surface area contributed by atoms with E-state index in [2.05, 4.69) is 15.1 Å². The molecule has 0 aliphatic carbocycles. The minimum atomic E-state index is 0.322. The van der Waals surface area contributed by atoms with Crippen molar-refractivity contribution in [2.75, 3.05) is 39.5 Å². The maximum absolute atomic E-state index is 9.72. The second-order valence-electron chi connectivity index (χ2n) is 3.05. The van der Waals surface area contributed by atoms with Crippen LogP contribution in [0.3, 0.4) is 0 Å². The summed E-state index contributed by atoms with van der Waals surface area (Å²) in [6.45, 7) is 3.36. The molecule has 0 radical (unpaired) electrons. The average molecular weight is 219 g/mol. The van der Waals surface area contributed by atoms with Crippen molar-refractivity contribution in [3.05, 3.63) is 9.81 Å². The molecule has 0 aromatic rings. The van der Waals surface area contributed by atoms with Crippen LogP contribution in [0.4, 0.5) is 0 Å². The molecule has 88 valence electrons. The van der Waals surface area contributed by atoms with Crippen LogP contribution in [0.5, 0.6) is 0 Å². The summed E-state index contributed by atoms with van der Waals surface area (Å²) in [6.07, 6.45) is 2.30. The Morgan fingerprint density at radius 2 is 1.47 bits per heavy atom. The fraction of sp³-hybridized carbons (Fsp3) is 1.00. The summed E-state index contributed by atoms with van der Waals surface area (Å²) in [4.78, 5) is 19.4. The molecule has 0 fully saturated rings. The third-order valence-electron chi connectivity index (χ3n) is 1.71. The van der Waals surface area contributed by atoms with Crippen molar-refractivity contribution in [1.82, 2.24) is 0 Å². The summed E-state index contributed by atoms with van der Waals surface area (Å²) in [7, 11) is 0. The average Bonchev–Trinajstić information content (AvgIpc) is 2.26. The zero-order chi connectivity index (χ0) is 11.2. The van der Waals surface area contributed by atoms with E-state index in [1.807, 2.05) is 0 Å². The maximum Gasteiger partial charge on any atom is 0.146 e. The molecule has 0 aliphatic heterocycles. The van der Waals surface area contributed by atoms with E-state index in [0.717, 1.165) is 19.4 Å². The lowest BCUT2D eigenvalue weighted by Gasteiger charge is -2.01. The zero-order valence-corrected chi connectivity index (χ0v) is 8.93. The van der Waals surface area contributed by atoms with Gasteiger partial charge in [0.1, 0.15) is 13.2 Å². The summed E-state index contributed by atoms with van der Waals surface area (Å²) >= 11 is 0. The molecule has 0 rings (SSSR count). The van der Waals surface area contributed by atoms with Crippen molar-refractivity contribution in [2.45, 2.75) is 19.3 Å². The van der Waals surface area contributed by atoms with Crippen LogP contribution in [-0.4, -0.2) is 44.3 Å². The Bertz CT molecular complexity index is 139. The topological polar surface area (TPSA) is 80.9 Å². The lowest BCUT2D eigenvalue weighted by atomic mass is 10.4. The van der Waals surface area contributed by atoms with Crippen molar-refractivity contribution in [2.24, 2.45) is 10.4 Å². The second kappa shape index (κ2) is 13.1. The third kappa shape index (κ3) is 13.1. The number of hydrogen-bond acceptors (Lipinski definition) is 5. The van der Waals surface area contributed by atoms with Gasteiger partial charge >= 0.3 is 0 Å². The third-order valence-corrected chi connectivity index (χ3v) is 1.71. The molecule has 6 heteroatoms. The van der Waals surface area contributed by atoms with Gasteiger partial charge < -0.3 is 9.47 Å². The van der Waals surface area contributed by atoms with Gasteiger partial charge in [-0.1, -0.05) is 10.4 Å². The maximum atomic E-state index is 9.72. The normalized spacial score (nSPS) is 10.1. The molecule has 0 amide bonds. The highest BCUT2D eigenvalue weighted by Crippen LogP contribution is 1.88. The first kappa shape index (κ1) is 14.1. The van der Waals surface area contributed by atoms with E-state index in [9.17, 15) is 9.81 Å². The molecule has 15 heavy (non-hydrogen) atoms. The fourth-order valence-corrected chi connectivity index (χ4v) is 0.971. The van der Waals surface area contributed by atoms with Crippen LogP contribution in [0.2, 0.25) is 0 Å². The van der Waals surface area contributed by atoms with Crippen LogP contribution in [0, 0.1) is 9.81 Å². The van der Waals surface area contributed by atoms with E-state index in [0.29, 0.717) is 39.3 Å². The largest absolute Gasteiger partial charge is 0.434 e. The van der Waals surface area contributed by atoms with Gasteiger partial charge in [-0.2, -0.15) is 9.81 Å². The van der Waals surface area contributed by atoms with E-state index in [4.69, 9.17) is 4.74 Å². The standard InChI is InChI=1S/C9H18N2O4/c12-10-4-1-6-14-8-3-9-15-7-2-5-11-13/h1-9H2/p+1. The number of rotatable bonds is 12. The molecule has 1 N–H and O–H groups in total. The molecule has 0 aromatic heterocycles. The van der Waals surface area contributed by atoms with Crippen LogP contribution in [0.25, 0.3) is 0 Å². The molecule has 0 heterocycles. The van der Waals surface area contributed by atoms with Crippen molar-refractivity contribution >= 4 is 0 Å². The number of nitrogens with zero attached hydrogens (tertiary/aromatic N) is 2. The molecule has 0 unspecified atom stereocenters. The Hall–Kier alpha value is -0.880. The van der Waals surface area contributed by atoms with Crippen molar-refractivity contribution in [3.8, 4) is 0 Å². The molecule has 0 atom stereocenters. The minimum Gasteiger partial charge on any atom is -0.434 e. The van der Waals surface area contributed by atoms with Gasteiger partial charge in [0, 0.05) is 19.4 Å². The van der Waals surface area contributed by atoms with Gasteiger partial charge in [-0.3, -0.25) is 0 Å². The van der Waals surface area contributed by atoms with Crippen LogP contribution < -0.4 is 0 Å². The van der Waals surface area contributed by atoms with E-state index in [1.54, 1.807) is 0 Å². The Morgan fingerprint density at radius 1 is 0.867 bits per heavy atom. The molecule has 0 bridgehead atoms. The van der Waals surface area contributed by atoms with Crippen LogP contribution in [-0.2, 0) is 4.74 Å². The Balaban J connectivity index is 2.86. The fourth-order valence-electron chi connectivity index (χ4n) is 0.971. The molecular formula is C9H19N2O4+. The molecule has 0 saturated carbocycles. The van der Waals surface area contributed by atoms with E-state index < -0.39 is 0 Å². The first-order valence-electron chi connectivity index (χ1n) is 5.21. The van der Waals surface area contributed by atoms with Crippen molar-refractivity contribution in [1.29, 1.82) is 0 Å². The van der Waals surface area contributed by atoms with E-state index in [-0.39, 0.29) is 0 Å². The number of hydrogen-bond donors (Lipinski definition) is 0. The van der Waals surface area contributed by atoms with Gasteiger partial charge in [-0.15, -0.1) is 0 Å². The van der Waals surface area contributed by atoms with Crippen molar-refractivity contribution in [3.63, 3.8) is 0 Å². The number of aliphatic hydroxyl groups is 2. The molecular weight excluding hydrogens is 200 g/mol. The van der Waals surface area contributed by atoms with Gasteiger partial charge in [0.15, 0.2) is 0 Å². The highest BCUT2D eigenvalue weighted by molar-refractivity contribution is 4.42. The molecule has 0 aliphatic rings. The summed E-state index contributed by atoms with van der Waals surface area (Å²) < 4.78 is 9.43. The smallest absolute Gasteiger partial charge is 0.146 e. The molecule has 0 aromatic carbocycles. The minimum absolute atomic E-state index is 0.322. The first-order valence-corrected chi connectivity index (χ1v) is 5.21.